The number of alkyl halides is 4. The van der Waals surface area contributed by atoms with E-state index in [2.05, 4.69) is 5.32 Å². The van der Waals surface area contributed by atoms with Crippen molar-refractivity contribution in [1.82, 2.24) is 10.2 Å². The van der Waals surface area contributed by atoms with Crippen LogP contribution in [0.1, 0.15) is 12.8 Å². The average molecular weight is 272 g/mol. The van der Waals surface area contributed by atoms with E-state index in [4.69, 9.17) is 5.11 Å². The fourth-order valence-corrected chi connectivity index (χ4v) is 1.88. The van der Waals surface area contributed by atoms with Crippen LogP contribution < -0.4 is 5.32 Å². The number of nitrogens with zero attached hydrogens (tertiary/aromatic N) is 1. The summed E-state index contributed by atoms with van der Waals surface area (Å²) in [7, 11) is 0. The van der Waals surface area contributed by atoms with Crippen molar-refractivity contribution in [3.05, 3.63) is 0 Å². The molecule has 4 nitrogen and oxygen atoms in total. The number of aliphatic hydroxyl groups is 1. The highest BCUT2D eigenvalue weighted by atomic mass is 19.3. The molecule has 0 aromatic carbocycles. The van der Waals surface area contributed by atoms with Gasteiger partial charge in [-0.2, -0.15) is 8.78 Å². The van der Waals surface area contributed by atoms with Crippen LogP contribution in [0.5, 0.6) is 0 Å². The third-order valence-electron chi connectivity index (χ3n) is 2.82. The number of amides is 1. The van der Waals surface area contributed by atoms with E-state index in [1.54, 1.807) is 0 Å². The highest BCUT2D eigenvalue weighted by molar-refractivity contribution is 5.84. The Morgan fingerprint density at radius 2 is 2.17 bits per heavy atom. The van der Waals surface area contributed by atoms with Crippen molar-refractivity contribution in [1.29, 1.82) is 0 Å². The molecule has 0 aromatic heterocycles. The molecular formula is C10H16F4N2O2. The fourth-order valence-electron chi connectivity index (χ4n) is 1.88. The molecule has 1 aliphatic heterocycles. The number of carbonyl (C=O) groups excluding carboxylic acids is 1. The number of hydrogen-bond donors (Lipinski definition) is 2. The molecule has 2 N–H and O–H groups in total. The molecule has 1 aliphatic rings. The molecular weight excluding hydrogens is 256 g/mol. The highest BCUT2D eigenvalue weighted by Gasteiger charge is 2.51. The van der Waals surface area contributed by atoms with Gasteiger partial charge in [0.2, 0.25) is 0 Å². The van der Waals surface area contributed by atoms with E-state index in [0.717, 1.165) is 6.42 Å². The van der Waals surface area contributed by atoms with E-state index in [9.17, 15) is 22.4 Å². The molecule has 1 rings (SSSR count). The van der Waals surface area contributed by atoms with Gasteiger partial charge in [0.15, 0.2) is 0 Å². The lowest BCUT2D eigenvalue weighted by atomic mass is 10.2. The van der Waals surface area contributed by atoms with E-state index < -0.39 is 24.9 Å². The second-order valence-electron chi connectivity index (χ2n) is 4.19. The van der Waals surface area contributed by atoms with Crippen LogP contribution in [0.3, 0.4) is 0 Å². The predicted octanol–water partition coefficient (Wildman–Crippen LogP) is 0.460. The molecule has 18 heavy (non-hydrogen) atoms. The second-order valence-corrected chi connectivity index (χ2v) is 4.19. The summed E-state index contributed by atoms with van der Waals surface area (Å²) in [6.45, 7) is -0.310. The Balaban J connectivity index is 2.67. The van der Waals surface area contributed by atoms with Crippen molar-refractivity contribution >= 4 is 5.91 Å². The van der Waals surface area contributed by atoms with Crippen molar-refractivity contribution in [3.63, 3.8) is 0 Å². The SMILES string of the molecule is O=C(N(CCO)CC1CCCN1)C(F)(F)C(F)F. The molecule has 0 radical (unpaired) electrons. The summed E-state index contributed by atoms with van der Waals surface area (Å²) in [6, 6.07) is -0.186. The predicted molar refractivity (Wildman–Crippen MR) is 55.6 cm³/mol. The first-order valence-electron chi connectivity index (χ1n) is 5.69. The summed E-state index contributed by atoms with van der Waals surface area (Å²) in [5, 5.41) is 11.7. The Labute approximate surface area is 102 Å². The van der Waals surface area contributed by atoms with Gasteiger partial charge in [-0.1, -0.05) is 0 Å². The molecule has 1 unspecified atom stereocenters. The average Bonchev–Trinajstić information content (AvgIpc) is 2.80. The maximum Gasteiger partial charge on any atom is 0.383 e. The topological polar surface area (TPSA) is 52.6 Å². The molecule has 1 fully saturated rings. The minimum atomic E-state index is -4.70. The number of aliphatic hydroxyl groups excluding tert-OH is 1. The van der Waals surface area contributed by atoms with Gasteiger partial charge in [0.25, 0.3) is 5.91 Å². The van der Waals surface area contributed by atoms with Crippen molar-refractivity contribution in [2.24, 2.45) is 0 Å². The van der Waals surface area contributed by atoms with Crippen molar-refractivity contribution < 1.29 is 27.5 Å². The van der Waals surface area contributed by atoms with Crippen LogP contribution in [-0.2, 0) is 4.79 Å². The molecule has 0 bridgehead atoms. The molecule has 1 amide bonds. The van der Waals surface area contributed by atoms with Crippen LogP contribution >= 0.6 is 0 Å². The van der Waals surface area contributed by atoms with Gasteiger partial charge in [0, 0.05) is 19.1 Å². The Hall–Kier alpha value is -0.890. The molecule has 1 saturated heterocycles. The van der Waals surface area contributed by atoms with Gasteiger partial charge < -0.3 is 15.3 Å². The number of nitrogens with one attached hydrogen (secondary N) is 1. The van der Waals surface area contributed by atoms with Gasteiger partial charge in [-0.3, -0.25) is 4.79 Å². The van der Waals surface area contributed by atoms with Crippen LogP contribution in [0.25, 0.3) is 0 Å². The lowest BCUT2D eigenvalue weighted by molar-refractivity contribution is -0.181. The third kappa shape index (κ3) is 3.55. The van der Waals surface area contributed by atoms with Crippen LogP contribution in [-0.4, -0.2) is 60.5 Å². The second kappa shape index (κ2) is 6.33. The quantitative estimate of drug-likeness (QED) is 0.691. The van der Waals surface area contributed by atoms with Gasteiger partial charge in [-0.25, -0.2) is 8.78 Å². The molecule has 1 heterocycles. The molecule has 106 valence electrons. The summed E-state index contributed by atoms with van der Waals surface area (Å²) >= 11 is 0. The van der Waals surface area contributed by atoms with Gasteiger partial charge in [-0.15, -0.1) is 0 Å². The van der Waals surface area contributed by atoms with E-state index in [1.165, 1.54) is 0 Å². The first kappa shape index (κ1) is 15.2. The summed E-state index contributed by atoms with van der Waals surface area (Å²) in [4.78, 5) is 11.9. The minimum Gasteiger partial charge on any atom is -0.395 e. The zero-order valence-corrected chi connectivity index (χ0v) is 9.71. The van der Waals surface area contributed by atoms with E-state index >= 15 is 0 Å². The highest BCUT2D eigenvalue weighted by Crippen LogP contribution is 2.25. The summed E-state index contributed by atoms with van der Waals surface area (Å²) < 4.78 is 50.1. The Bertz CT molecular complexity index is 283. The van der Waals surface area contributed by atoms with E-state index in [0.29, 0.717) is 17.9 Å². The molecule has 0 spiro atoms. The standard InChI is InChI=1S/C10H16F4N2O2/c11-8(12)10(13,14)9(18)16(4-5-17)6-7-2-1-3-15-7/h7-8,15,17H,1-6H2. The van der Waals surface area contributed by atoms with Crippen molar-refractivity contribution in [2.75, 3.05) is 26.2 Å². The monoisotopic (exact) mass is 272 g/mol. The first-order valence-corrected chi connectivity index (χ1v) is 5.69. The van der Waals surface area contributed by atoms with Crippen molar-refractivity contribution in [2.45, 2.75) is 31.2 Å². The molecule has 0 aliphatic carbocycles. The maximum atomic E-state index is 12.9. The number of halogens is 4. The van der Waals surface area contributed by atoms with Crippen molar-refractivity contribution in [3.8, 4) is 0 Å². The van der Waals surface area contributed by atoms with Crippen LogP contribution in [0.4, 0.5) is 17.6 Å². The van der Waals surface area contributed by atoms with Gasteiger partial charge in [-0.05, 0) is 19.4 Å². The Morgan fingerprint density at radius 3 is 2.61 bits per heavy atom. The Morgan fingerprint density at radius 1 is 1.50 bits per heavy atom. The van der Waals surface area contributed by atoms with Crippen LogP contribution in [0.15, 0.2) is 0 Å². The number of rotatable bonds is 6. The largest absolute Gasteiger partial charge is 0.395 e. The summed E-state index contributed by atoms with van der Waals surface area (Å²) in [5.41, 5.74) is 0. The smallest absolute Gasteiger partial charge is 0.383 e. The first-order chi connectivity index (χ1) is 8.39. The zero-order valence-electron chi connectivity index (χ0n) is 9.71. The Kier molecular flexibility index (Phi) is 5.33. The number of hydrogen-bond acceptors (Lipinski definition) is 3. The minimum absolute atomic E-state index is 0.0955. The molecule has 8 heteroatoms. The summed E-state index contributed by atoms with van der Waals surface area (Å²) in [5.74, 6) is -6.63. The lowest BCUT2D eigenvalue weighted by Crippen LogP contribution is -2.51. The molecule has 0 saturated carbocycles. The fraction of sp³-hybridized carbons (Fsp3) is 0.900. The lowest BCUT2D eigenvalue weighted by Gasteiger charge is -2.28. The maximum absolute atomic E-state index is 12.9. The molecule has 1 atom stereocenters. The van der Waals surface area contributed by atoms with Crippen LogP contribution in [0, 0.1) is 0 Å². The normalized spacial score (nSPS) is 20.4. The number of carbonyl (C=O) groups is 1. The van der Waals surface area contributed by atoms with Gasteiger partial charge in [0.1, 0.15) is 0 Å². The molecule has 0 aromatic rings. The van der Waals surface area contributed by atoms with E-state index in [1.807, 2.05) is 0 Å². The van der Waals surface area contributed by atoms with E-state index in [-0.39, 0.29) is 19.1 Å². The zero-order chi connectivity index (χ0) is 13.8. The third-order valence-corrected chi connectivity index (χ3v) is 2.82. The van der Waals surface area contributed by atoms with Gasteiger partial charge >= 0.3 is 12.3 Å². The van der Waals surface area contributed by atoms with Crippen LogP contribution in [0.2, 0.25) is 0 Å². The summed E-state index contributed by atoms with van der Waals surface area (Å²) in [6.07, 6.45) is -2.50. The van der Waals surface area contributed by atoms with Gasteiger partial charge in [0.05, 0.1) is 6.61 Å².